The number of fused-ring (bicyclic) bond motifs is 1. The second kappa shape index (κ2) is 6.77. The van der Waals surface area contributed by atoms with Crippen LogP contribution >= 0.6 is 0 Å². The van der Waals surface area contributed by atoms with Gasteiger partial charge in [0.2, 0.25) is 5.91 Å². The van der Waals surface area contributed by atoms with E-state index in [1.54, 1.807) is 0 Å². The molecule has 0 atom stereocenters. The van der Waals surface area contributed by atoms with Crippen LogP contribution in [0.15, 0.2) is 42.5 Å². The van der Waals surface area contributed by atoms with Crippen LogP contribution in [0, 0.1) is 13.8 Å². The van der Waals surface area contributed by atoms with E-state index in [2.05, 4.69) is 10.3 Å². The molecule has 4 nitrogen and oxygen atoms in total. The molecule has 3 aromatic rings. The van der Waals surface area contributed by atoms with Gasteiger partial charge in [-0.2, -0.15) is 0 Å². The Hall–Kier alpha value is -3.14. The first kappa shape index (κ1) is 16.7. The van der Waals surface area contributed by atoms with Crippen molar-refractivity contribution in [3.63, 3.8) is 0 Å². The molecule has 2 N–H and O–H groups in total. The third kappa shape index (κ3) is 3.53. The molecular formula is C21H20N2O2. The minimum atomic E-state index is -0.111. The van der Waals surface area contributed by atoms with E-state index in [1.807, 2.05) is 68.5 Å². The summed E-state index contributed by atoms with van der Waals surface area (Å²) < 4.78 is 0. The maximum atomic E-state index is 11.3. The summed E-state index contributed by atoms with van der Waals surface area (Å²) in [6.45, 7) is 5.37. The second-order valence-corrected chi connectivity index (χ2v) is 6.09. The number of carbonyl (C=O) groups excluding carboxylic acids is 1. The molecule has 1 aromatic heterocycles. The molecule has 0 fully saturated rings. The predicted octanol–water partition coefficient (Wildman–Crippen LogP) is 4.69. The molecule has 0 aliphatic carbocycles. The maximum absolute atomic E-state index is 11.3. The zero-order chi connectivity index (χ0) is 18.0. The second-order valence-electron chi connectivity index (χ2n) is 6.09. The minimum Gasteiger partial charge on any atom is -0.505 e. The largest absolute Gasteiger partial charge is 0.505 e. The van der Waals surface area contributed by atoms with E-state index in [-0.39, 0.29) is 11.7 Å². The summed E-state index contributed by atoms with van der Waals surface area (Å²) in [6.07, 6.45) is 3.77. The van der Waals surface area contributed by atoms with Crippen molar-refractivity contribution in [1.29, 1.82) is 0 Å². The Kier molecular flexibility index (Phi) is 4.52. The van der Waals surface area contributed by atoms with Gasteiger partial charge in [-0.05, 0) is 48.7 Å². The van der Waals surface area contributed by atoms with Gasteiger partial charge in [0.25, 0.3) is 0 Å². The van der Waals surface area contributed by atoms with Crippen LogP contribution in [0.2, 0.25) is 0 Å². The van der Waals surface area contributed by atoms with Crippen LogP contribution in [0.1, 0.15) is 29.3 Å². The van der Waals surface area contributed by atoms with Gasteiger partial charge >= 0.3 is 0 Å². The van der Waals surface area contributed by atoms with E-state index in [1.165, 1.54) is 6.92 Å². The smallest absolute Gasteiger partial charge is 0.221 e. The Morgan fingerprint density at radius 2 is 1.84 bits per heavy atom. The molecule has 0 spiro atoms. The standard InChI is InChI=1S/C21H20N2O2/c1-13-12-14(2)21(25)20-18(13)11-10-17(23-20)9-8-16-6-4-5-7-19(16)22-15(3)24/h4-12,25H,1-3H3,(H,22,24)/b9-8+. The first-order chi connectivity index (χ1) is 12.0. The Balaban J connectivity index is 2.00. The van der Waals surface area contributed by atoms with E-state index >= 15 is 0 Å². The fourth-order valence-corrected chi connectivity index (χ4v) is 2.84. The average molecular weight is 332 g/mol. The SMILES string of the molecule is CC(=O)Nc1ccccc1/C=C/c1ccc2c(C)cc(C)c(O)c2n1. The van der Waals surface area contributed by atoms with Crippen LogP contribution in [0.4, 0.5) is 5.69 Å². The number of anilines is 1. The van der Waals surface area contributed by atoms with Crippen LogP contribution in [0.3, 0.4) is 0 Å². The Morgan fingerprint density at radius 3 is 2.60 bits per heavy atom. The molecular weight excluding hydrogens is 312 g/mol. The first-order valence-electron chi connectivity index (χ1n) is 8.10. The zero-order valence-electron chi connectivity index (χ0n) is 14.5. The number of carbonyl (C=O) groups is 1. The van der Waals surface area contributed by atoms with Crippen molar-refractivity contribution < 1.29 is 9.90 Å². The highest BCUT2D eigenvalue weighted by Crippen LogP contribution is 2.30. The van der Waals surface area contributed by atoms with Crippen molar-refractivity contribution in [2.24, 2.45) is 0 Å². The lowest BCUT2D eigenvalue weighted by molar-refractivity contribution is -0.114. The number of benzene rings is 2. The average Bonchev–Trinajstić information content (AvgIpc) is 2.58. The van der Waals surface area contributed by atoms with Gasteiger partial charge < -0.3 is 10.4 Å². The van der Waals surface area contributed by atoms with Gasteiger partial charge in [-0.3, -0.25) is 4.79 Å². The lowest BCUT2D eigenvalue weighted by Crippen LogP contribution is -2.06. The van der Waals surface area contributed by atoms with Crippen LogP contribution < -0.4 is 5.32 Å². The van der Waals surface area contributed by atoms with Crippen molar-refractivity contribution in [3.8, 4) is 5.75 Å². The number of nitrogens with one attached hydrogen (secondary N) is 1. The summed E-state index contributed by atoms with van der Waals surface area (Å²) in [4.78, 5) is 15.9. The topological polar surface area (TPSA) is 62.2 Å². The number of nitrogens with zero attached hydrogens (tertiary/aromatic N) is 1. The van der Waals surface area contributed by atoms with Crippen molar-refractivity contribution in [1.82, 2.24) is 4.98 Å². The van der Waals surface area contributed by atoms with Gasteiger partial charge in [-0.1, -0.05) is 36.4 Å². The lowest BCUT2D eigenvalue weighted by atomic mass is 10.0. The number of rotatable bonds is 3. The highest BCUT2D eigenvalue weighted by Gasteiger charge is 2.08. The lowest BCUT2D eigenvalue weighted by Gasteiger charge is -2.08. The number of hydrogen-bond acceptors (Lipinski definition) is 3. The van der Waals surface area contributed by atoms with E-state index in [9.17, 15) is 9.90 Å². The third-order valence-corrected chi connectivity index (χ3v) is 4.08. The summed E-state index contributed by atoms with van der Waals surface area (Å²) in [5, 5.41) is 14.1. The molecule has 1 amide bonds. The number of aromatic hydroxyl groups is 1. The number of phenols is 1. The zero-order valence-corrected chi connectivity index (χ0v) is 14.5. The first-order valence-corrected chi connectivity index (χ1v) is 8.10. The molecule has 0 aliphatic rings. The van der Waals surface area contributed by atoms with Crippen LogP contribution in [-0.4, -0.2) is 16.0 Å². The van der Waals surface area contributed by atoms with E-state index in [0.717, 1.165) is 33.5 Å². The quantitative estimate of drug-likeness (QED) is 0.731. The Morgan fingerprint density at radius 1 is 1.08 bits per heavy atom. The molecule has 0 bridgehead atoms. The molecule has 1 heterocycles. The molecule has 0 aliphatic heterocycles. The monoisotopic (exact) mass is 332 g/mol. The Labute approximate surface area is 146 Å². The highest BCUT2D eigenvalue weighted by molar-refractivity contribution is 5.93. The Bertz CT molecular complexity index is 991. The van der Waals surface area contributed by atoms with Crippen molar-refractivity contribution >= 4 is 34.6 Å². The number of aromatic nitrogens is 1. The van der Waals surface area contributed by atoms with Gasteiger partial charge in [-0.25, -0.2) is 4.98 Å². The highest BCUT2D eigenvalue weighted by atomic mass is 16.3. The molecule has 2 aromatic carbocycles. The fraction of sp³-hybridized carbons (Fsp3) is 0.143. The van der Waals surface area contributed by atoms with Gasteiger partial charge in [0.15, 0.2) is 0 Å². The van der Waals surface area contributed by atoms with E-state index in [0.29, 0.717) is 5.52 Å². The molecule has 25 heavy (non-hydrogen) atoms. The number of phenolic OH excluding ortho intramolecular Hbond substituents is 1. The molecule has 0 unspecified atom stereocenters. The summed E-state index contributed by atoms with van der Waals surface area (Å²) in [7, 11) is 0. The molecule has 3 rings (SSSR count). The van der Waals surface area contributed by atoms with Gasteiger partial charge in [0.05, 0.1) is 5.69 Å². The summed E-state index contributed by atoms with van der Waals surface area (Å²) in [6, 6.07) is 13.4. The number of amides is 1. The van der Waals surface area contributed by atoms with Gasteiger partial charge in [-0.15, -0.1) is 0 Å². The fourth-order valence-electron chi connectivity index (χ4n) is 2.84. The normalized spacial score (nSPS) is 11.2. The molecule has 0 saturated heterocycles. The summed E-state index contributed by atoms with van der Waals surface area (Å²) in [5.41, 5.74) is 4.89. The van der Waals surface area contributed by atoms with Crippen LogP contribution in [0.5, 0.6) is 5.75 Å². The van der Waals surface area contributed by atoms with Gasteiger partial charge in [0.1, 0.15) is 11.3 Å². The predicted molar refractivity (Wildman–Crippen MR) is 103 cm³/mol. The van der Waals surface area contributed by atoms with Crippen molar-refractivity contribution in [3.05, 3.63) is 64.8 Å². The minimum absolute atomic E-state index is 0.111. The van der Waals surface area contributed by atoms with Crippen molar-refractivity contribution in [2.45, 2.75) is 20.8 Å². The number of hydrogen-bond donors (Lipinski definition) is 2. The third-order valence-electron chi connectivity index (χ3n) is 4.08. The number of aryl methyl sites for hydroxylation is 2. The number of para-hydroxylation sites is 1. The van der Waals surface area contributed by atoms with E-state index in [4.69, 9.17) is 0 Å². The molecule has 0 radical (unpaired) electrons. The number of pyridine rings is 1. The van der Waals surface area contributed by atoms with Crippen LogP contribution in [-0.2, 0) is 4.79 Å². The molecule has 126 valence electrons. The maximum Gasteiger partial charge on any atom is 0.221 e. The van der Waals surface area contributed by atoms with E-state index < -0.39 is 0 Å². The van der Waals surface area contributed by atoms with Crippen LogP contribution in [0.25, 0.3) is 23.1 Å². The molecule has 0 saturated carbocycles. The molecule has 4 heteroatoms. The van der Waals surface area contributed by atoms with Gasteiger partial charge in [0, 0.05) is 18.0 Å². The summed E-state index contributed by atoms with van der Waals surface area (Å²) in [5.74, 6) is 0.107. The van der Waals surface area contributed by atoms with Crippen molar-refractivity contribution in [2.75, 3.05) is 5.32 Å². The summed E-state index contributed by atoms with van der Waals surface area (Å²) >= 11 is 0.